The van der Waals surface area contributed by atoms with Crippen LogP contribution in [-0.4, -0.2) is 31.0 Å². The van der Waals surface area contributed by atoms with Crippen molar-refractivity contribution in [1.82, 2.24) is 16.0 Å². The van der Waals surface area contributed by atoms with Crippen molar-refractivity contribution >= 4 is 11.9 Å². The van der Waals surface area contributed by atoms with Gasteiger partial charge in [-0.1, -0.05) is 12.5 Å². The zero-order valence-electron chi connectivity index (χ0n) is 15.6. The minimum absolute atomic E-state index is 0.0472. The SMILES string of the molecule is CN=C(NCc1ccc(C#N)cc1F)NC1CCCC(C(=O)NC2CC2)C1. The summed E-state index contributed by atoms with van der Waals surface area (Å²) in [5.41, 5.74) is 0.777. The number of benzene rings is 1. The Morgan fingerprint density at radius 2 is 2.07 bits per heavy atom. The largest absolute Gasteiger partial charge is 0.354 e. The van der Waals surface area contributed by atoms with E-state index in [1.54, 1.807) is 19.2 Å². The third-order valence-electron chi connectivity index (χ3n) is 5.16. The van der Waals surface area contributed by atoms with Gasteiger partial charge in [0.2, 0.25) is 5.91 Å². The van der Waals surface area contributed by atoms with Crippen molar-refractivity contribution in [2.24, 2.45) is 10.9 Å². The first kappa shape index (κ1) is 19.2. The summed E-state index contributed by atoms with van der Waals surface area (Å²) >= 11 is 0. The van der Waals surface area contributed by atoms with Gasteiger partial charge in [-0.15, -0.1) is 0 Å². The summed E-state index contributed by atoms with van der Waals surface area (Å²) in [6.07, 6.45) is 5.90. The second-order valence-corrected chi connectivity index (χ2v) is 7.33. The normalized spacial score (nSPS) is 22.6. The third-order valence-corrected chi connectivity index (χ3v) is 5.16. The zero-order chi connectivity index (χ0) is 19.2. The van der Waals surface area contributed by atoms with Crippen LogP contribution in [0.3, 0.4) is 0 Å². The lowest BCUT2D eigenvalue weighted by Crippen LogP contribution is -2.47. The minimum Gasteiger partial charge on any atom is -0.354 e. The molecule has 0 heterocycles. The van der Waals surface area contributed by atoms with Crippen LogP contribution >= 0.6 is 0 Å². The summed E-state index contributed by atoms with van der Waals surface area (Å²) in [5.74, 6) is 0.399. The van der Waals surface area contributed by atoms with Gasteiger partial charge in [-0.2, -0.15) is 5.26 Å². The van der Waals surface area contributed by atoms with Crippen molar-refractivity contribution in [1.29, 1.82) is 5.26 Å². The molecule has 0 aromatic heterocycles. The molecule has 0 saturated heterocycles. The molecule has 3 N–H and O–H groups in total. The first-order valence-electron chi connectivity index (χ1n) is 9.55. The van der Waals surface area contributed by atoms with E-state index >= 15 is 0 Å². The fraction of sp³-hybridized carbons (Fsp3) is 0.550. The molecule has 1 aromatic rings. The molecule has 6 nitrogen and oxygen atoms in total. The fourth-order valence-electron chi connectivity index (χ4n) is 3.43. The van der Waals surface area contributed by atoms with Crippen molar-refractivity contribution in [2.75, 3.05) is 7.05 Å². The van der Waals surface area contributed by atoms with Gasteiger partial charge in [-0.25, -0.2) is 4.39 Å². The van der Waals surface area contributed by atoms with E-state index in [4.69, 9.17) is 5.26 Å². The molecule has 2 aliphatic rings. The number of nitriles is 1. The smallest absolute Gasteiger partial charge is 0.223 e. The quantitative estimate of drug-likeness (QED) is 0.547. The molecular weight excluding hydrogens is 345 g/mol. The van der Waals surface area contributed by atoms with Gasteiger partial charge >= 0.3 is 0 Å². The van der Waals surface area contributed by atoms with Crippen molar-refractivity contribution in [3.8, 4) is 6.07 Å². The highest BCUT2D eigenvalue weighted by molar-refractivity contribution is 5.81. The molecule has 144 valence electrons. The molecule has 3 rings (SSSR count). The monoisotopic (exact) mass is 371 g/mol. The molecule has 2 fully saturated rings. The lowest BCUT2D eigenvalue weighted by molar-refractivity contribution is -0.126. The van der Waals surface area contributed by atoms with E-state index < -0.39 is 5.82 Å². The molecule has 27 heavy (non-hydrogen) atoms. The lowest BCUT2D eigenvalue weighted by Gasteiger charge is -2.30. The van der Waals surface area contributed by atoms with Crippen LogP contribution in [0.5, 0.6) is 0 Å². The first-order valence-corrected chi connectivity index (χ1v) is 9.55. The van der Waals surface area contributed by atoms with E-state index in [1.165, 1.54) is 6.07 Å². The summed E-state index contributed by atoms with van der Waals surface area (Å²) in [6.45, 7) is 0.273. The number of nitrogens with zero attached hydrogens (tertiary/aromatic N) is 2. The lowest BCUT2D eigenvalue weighted by atomic mass is 9.85. The average Bonchev–Trinajstić information content (AvgIpc) is 3.50. The maximum atomic E-state index is 14.0. The summed E-state index contributed by atoms with van der Waals surface area (Å²) in [6, 6.07) is 6.92. The number of guanidine groups is 1. The third kappa shape index (κ3) is 5.43. The molecule has 2 unspecified atom stereocenters. The van der Waals surface area contributed by atoms with Crippen molar-refractivity contribution in [3.63, 3.8) is 0 Å². The Bertz CT molecular complexity index is 753. The van der Waals surface area contributed by atoms with Crippen LogP contribution in [0.15, 0.2) is 23.2 Å². The molecule has 0 spiro atoms. The molecule has 0 radical (unpaired) electrons. The van der Waals surface area contributed by atoms with Gasteiger partial charge in [-0.3, -0.25) is 9.79 Å². The van der Waals surface area contributed by atoms with Gasteiger partial charge in [0.15, 0.2) is 5.96 Å². The van der Waals surface area contributed by atoms with Crippen LogP contribution in [0.4, 0.5) is 4.39 Å². The Kier molecular flexibility index (Phi) is 6.28. The topological polar surface area (TPSA) is 89.3 Å². The van der Waals surface area contributed by atoms with Crippen LogP contribution in [0.25, 0.3) is 0 Å². The minimum atomic E-state index is -0.411. The molecule has 0 bridgehead atoms. The first-order chi connectivity index (χ1) is 13.1. The molecule has 1 aromatic carbocycles. The summed E-state index contributed by atoms with van der Waals surface area (Å²) in [5, 5.41) is 18.4. The van der Waals surface area contributed by atoms with E-state index in [0.29, 0.717) is 23.1 Å². The van der Waals surface area contributed by atoms with E-state index in [2.05, 4.69) is 20.9 Å². The Morgan fingerprint density at radius 3 is 2.74 bits per heavy atom. The highest BCUT2D eigenvalue weighted by Crippen LogP contribution is 2.26. The van der Waals surface area contributed by atoms with Crippen LogP contribution in [0, 0.1) is 23.1 Å². The number of halogens is 1. The number of rotatable bonds is 5. The Labute approximate surface area is 159 Å². The van der Waals surface area contributed by atoms with E-state index in [0.717, 1.165) is 38.5 Å². The fourth-order valence-corrected chi connectivity index (χ4v) is 3.43. The van der Waals surface area contributed by atoms with E-state index in [9.17, 15) is 9.18 Å². The predicted octanol–water partition coefficient (Wildman–Crippen LogP) is 2.20. The van der Waals surface area contributed by atoms with Gasteiger partial charge in [0, 0.05) is 37.2 Å². The molecule has 2 atom stereocenters. The second kappa shape index (κ2) is 8.85. The standard InChI is InChI=1S/C20H26FN5O/c1-23-20(24-12-15-6-5-13(11-22)9-18(15)21)26-17-4-2-3-14(10-17)19(27)25-16-7-8-16/h5-6,9,14,16-17H,2-4,7-8,10,12H2,1H3,(H,25,27)(H2,23,24,26). The van der Waals surface area contributed by atoms with E-state index in [1.807, 2.05) is 6.07 Å². The zero-order valence-corrected chi connectivity index (χ0v) is 15.6. The van der Waals surface area contributed by atoms with Crippen LogP contribution < -0.4 is 16.0 Å². The molecule has 0 aliphatic heterocycles. The summed E-state index contributed by atoms with van der Waals surface area (Å²) in [4.78, 5) is 16.5. The highest BCUT2D eigenvalue weighted by Gasteiger charge is 2.31. The van der Waals surface area contributed by atoms with Crippen LogP contribution in [-0.2, 0) is 11.3 Å². The van der Waals surface area contributed by atoms with Crippen molar-refractivity contribution in [3.05, 3.63) is 35.1 Å². The van der Waals surface area contributed by atoms with E-state index in [-0.39, 0.29) is 24.4 Å². The molecule has 2 saturated carbocycles. The number of nitrogens with one attached hydrogen (secondary N) is 3. The van der Waals surface area contributed by atoms with Crippen LogP contribution in [0.1, 0.15) is 49.7 Å². The Hall–Kier alpha value is -2.62. The maximum Gasteiger partial charge on any atom is 0.223 e. The number of hydrogen-bond donors (Lipinski definition) is 3. The maximum absolute atomic E-state index is 14.0. The summed E-state index contributed by atoms with van der Waals surface area (Å²) in [7, 11) is 1.67. The molecule has 2 aliphatic carbocycles. The molecule has 7 heteroatoms. The van der Waals surface area contributed by atoms with Gasteiger partial charge in [0.05, 0.1) is 11.6 Å². The van der Waals surface area contributed by atoms with Crippen molar-refractivity contribution < 1.29 is 9.18 Å². The number of amides is 1. The van der Waals surface area contributed by atoms with Gasteiger partial charge in [0.25, 0.3) is 0 Å². The number of carbonyl (C=O) groups excluding carboxylic acids is 1. The highest BCUT2D eigenvalue weighted by atomic mass is 19.1. The Balaban J connectivity index is 1.50. The van der Waals surface area contributed by atoms with Gasteiger partial charge in [0.1, 0.15) is 5.82 Å². The number of carbonyl (C=O) groups is 1. The Morgan fingerprint density at radius 1 is 1.26 bits per heavy atom. The molecule has 1 amide bonds. The second-order valence-electron chi connectivity index (χ2n) is 7.33. The van der Waals surface area contributed by atoms with Gasteiger partial charge < -0.3 is 16.0 Å². The molecular formula is C20H26FN5O. The average molecular weight is 371 g/mol. The van der Waals surface area contributed by atoms with Crippen molar-refractivity contribution in [2.45, 2.75) is 57.2 Å². The van der Waals surface area contributed by atoms with Gasteiger partial charge in [-0.05, 0) is 44.2 Å². The number of aliphatic imine (C=N–C) groups is 1. The summed E-state index contributed by atoms with van der Waals surface area (Å²) < 4.78 is 14.0. The van der Waals surface area contributed by atoms with Crippen LogP contribution in [0.2, 0.25) is 0 Å². The number of hydrogen-bond acceptors (Lipinski definition) is 3. The predicted molar refractivity (Wildman–Crippen MR) is 101 cm³/mol.